The van der Waals surface area contributed by atoms with Crippen molar-refractivity contribution < 1.29 is 18.1 Å². The van der Waals surface area contributed by atoms with Crippen molar-refractivity contribution >= 4 is 11.4 Å². The van der Waals surface area contributed by atoms with E-state index in [1.165, 1.54) is 0 Å². The molecule has 66 valence electrons. The second-order valence-corrected chi connectivity index (χ2v) is 3.33. The van der Waals surface area contributed by atoms with Crippen molar-refractivity contribution in [2.24, 2.45) is 0 Å². The Hall–Kier alpha value is 0.0300. The molecule has 11 heavy (non-hydrogen) atoms. The van der Waals surface area contributed by atoms with Gasteiger partial charge in [0.2, 0.25) is 0 Å². The van der Waals surface area contributed by atoms with Gasteiger partial charge in [0.05, 0.1) is 6.10 Å². The Bertz CT molecular complexity index is 150. The summed E-state index contributed by atoms with van der Waals surface area (Å²) in [5, 5.41) is 9.25. The molecular weight excluding hydrogens is 168 g/mol. The lowest BCUT2D eigenvalue weighted by Gasteiger charge is -2.25. The van der Waals surface area contributed by atoms with Crippen LogP contribution in [0.2, 0.25) is 0 Å². The SMILES string of the molecule is O=S(O)OC1CCCCC1O. The predicted octanol–water partition coefficient (Wildman–Crippen LogP) is 0.443. The van der Waals surface area contributed by atoms with E-state index >= 15 is 0 Å². The van der Waals surface area contributed by atoms with Gasteiger partial charge in [-0.05, 0) is 12.8 Å². The van der Waals surface area contributed by atoms with Crippen LogP contribution >= 0.6 is 0 Å². The standard InChI is InChI=1S/C6H12O4S/c7-5-3-1-2-4-6(5)10-11(8)9/h5-7H,1-4H2,(H,8,9). The zero-order chi connectivity index (χ0) is 8.27. The molecule has 0 saturated heterocycles. The van der Waals surface area contributed by atoms with Gasteiger partial charge >= 0.3 is 11.4 Å². The first-order chi connectivity index (χ1) is 5.20. The van der Waals surface area contributed by atoms with Crippen molar-refractivity contribution in [3.05, 3.63) is 0 Å². The largest absolute Gasteiger partial charge is 0.390 e. The quantitative estimate of drug-likeness (QED) is 0.605. The molecule has 3 unspecified atom stereocenters. The van der Waals surface area contributed by atoms with Crippen LogP contribution in [-0.4, -0.2) is 26.1 Å². The van der Waals surface area contributed by atoms with Crippen LogP contribution in [-0.2, 0) is 15.5 Å². The summed E-state index contributed by atoms with van der Waals surface area (Å²) in [5.74, 6) is 0. The molecule has 0 aromatic carbocycles. The number of aliphatic hydroxyl groups excluding tert-OH is 1. The molecule has 0 aliphatic heterocycles. The molecule has 1 aliphatic carbocycles. The zero-order valence-electron chi connectivity index (χ0n) is 6.10. The summed E-state index contributed by atoms with van der Waals surface area (Å²) in [5.41, 5.74) is 0. The molecule has 0 spiro atoms. The summed E-state index contributed by atoms with van der Waals surface area (Å²) in [6.07, 6.45) is 2.25. The molecule has 1 saturated carbocycles. The lowest BCUT2D eigenvalue weighted by atomic mass is 9.95. The van der Waals surface area contributed by atoms with Crippen LogP contribution < -0.4 is 0 Å². The minimum atomic E-state index is -2.24. The van der Waals surface area contributed by atoms with Gasteiger partial charge in [-0.2, -0.15) is 4.21 Å². The van der Waals surface area contributed by atoms with E-state index in [0.717, 1.165) is 12.8 Å². The van der Waals surface area contributed by atoms with Gasteiger partial charge in [0, 0.05) is 0 Å². The Morgan fingerprint density at radius 2 is 2.00 bits per heavy atom. The minimum Gasteiger partial charge on any atom is -0.390 e. The predicted molar refractivity (Wildman–Crippen MR) is 40.1 cm³/mol. The molecule has 0 heterocycles. The van der Waals surface area contributed by atoms with Crippen molar-refractivity contribution in [3.8, 4) is 0 Å². The highest BCUT2D eigenvalue weighted by Gasteiger charge is 2.25. The van der Waals surface area contributed by atoms with Gasteiger partial charge in [-0.15, -0.1) is 0 Å². The van der Waals surface area contributed by atoms with Crippen molar-refractivity contribution in [1.29, 1.82) is 0 Å². The van der Waals surface area contributed by atoms with Crippen LogP contribution in [0.5, 0.6) is 0 Å². The molecule has 1 rings (SSSR count). The molecule has 0 aromatic heterocycles. The van der Waals surface area contributed by atoms with Gasteiger partial charge in [-0.1, -0.05) is 12.8 Å². The molecule has 2 N–H and O–H groups in total. The van der Waals surface area contributed by atoms with E-state index in [9.17, 15) is 9.32 Å². The highest BCUT2D eigenvalue weighted by atomic mass is 32.2. The van der Waals surface area contributed by atoms with E-state index in [1.54, 1.807) is 0 Å². The Kier molecular flexibility index (Phi) is 3.45. The molecule has 3 atom stereocenters. The molecule has 0 aromatic rings. The molecule has 0 amide bonds. The fraction of sp³-hybridized carbons (Fsp3) is 1.00. The maximum Gasteiger partial charge on any atom is 0.302 e. The van der Waals surface area contributed by atoms with E-state index in [-0.39, 0.29) is 0 Å². The summed E-state index contributed by atoms with van der Waals surface area (Å²) in [6.45, 7) is 0. The molecule has 5 heteroatoms. The van der Waals surface area contributed by atoms with Crippen molar-refractivity contribution in [2.45, 2.75) is 37.9 Å². The first-order valence-electron chi connectivity index (χ1n) is 3.66. The van der Waals surface area contributed by atoms with Gasteiger partial charge in [0.25, 0.3) is 0 Å². The Labute approximate surface area is 68.1 Å². The fourth-order valence-electron chi connectivity index (χ4n) is 1.30. The van der Waals surface area contributed by atoms with Crippen LogP contribution in [0.4, 0.5) is 0 Å². The van der Waals surface area contributed by atoms with E-state index in [1.807, 2.05) is 0 Å². The normalized spacial score (nSPS) is 35.1. The van der Waals surface area contributed by atoms with Gasteiger partial charge in [-0.25, -0.2) is 0 Å². The second kappa shape index (κ2) is 4.15. The highest BCUT2D eigenvalue weighted by molar-refractivity contribution is 7.74. The number of hydrogen-bond acceptors (Lipinski definition) is 3. The fourth-order valence-corrected chi connectivity index (χ4v) is 1.73. The summed E-state index contributed by atoms with van der Waals surface area (Å²) in [7, 11) is 0. The first kappa shape index (κ1) is 9.12. The molecule has 0 radical (unpaired) electrons. The maximum atomic E-state index is 10.2. The van der Waals surface area contributed by atoms with Crippen molar-refractivity contribution in [1.82, 2.24) is 0 Å². The lowest BCUT2D eigenvalue weighted by Crippen LogP contribution is -2.32. The molecule has 0 bridgehead atoms. The monoisotopic (exact) mass is 180 g/mol. The topological polar surface area (TPSA) is 66.8 Å². The number of hydrogen-bond donors (Lipinski definition) is 2. The Balaban J connectivity index is 2.35. The average Bonchev–Trinajstić information content (AvgIpc) is 1.93. The van der Waals surface area contributed by atoms with Crippen molar-refractivity contribution in [3.63, 3.8) is 0 Å². The third-order valence-electron chi connectivity index (χ3n) is 1.87. The van der Waals surface area contributed by atoms with E-state index in [4.69, 9.17) is 4.55 Å². The Morgan fingerprint density at radius 3 is 2.55 bits per heavy atom. The molecule has 1 aliphatic rings. The smallest absolute Gasteiger partial charge is 0.302 e. The first-order valence-corrected chi connectivity index (χ1v) is 4.69. The van der Waals surface area contributed by atoms with Gasteiger partial charge in [-0.3, -0.25) is 8.74 Å². The molecular formula is C6H12O4S. The van der Waals surface area contributed by atoms with Crippen LogP contribution in [0.1, 0.15) is 25.7 Å². The second-order valence-electron chi connectivity index (χ2n) is 2.70. The van der Waals surface area contributed by atoms with Crippen LogP contribution in [0, 0.1) is 0 Å². The maximum absolute atomic E-state index is 10.2. The third-order valence-corrected chi connectivity index (χ3v) is 2.29. The Morgan fingerprint density at radius 1 is 1.36 bits per heavy atom. The van der Waals surface area contributed by atoms with Gasteiger partial charge < -0.3 is 5.11 Å². The van der Waals surface area contributed by atoms with E-state index < -0.39 is 23.6 Å². The summed E-state index contributed by atoms with van der Waals surface area (Å²) < 4.78 is 23.1. The lowest BCUT2D eigenvalue weighted by molar-refractivity contribution is 0.00958. The zero-order valence-corrected chi connectivity index (χ0v) is 6.92. The average molecular weight is 180 g/mol. The number of aliphatic hydroxyl groups is 1. The molecule has 1 fully saturated rings. The molecule has 4 nitrogen and oxygen atoms in total. The van der Waals surface area contributed by atoms with E-state index in [2.05, 4.69) is 4.18 Å². The van der Waals surface area contributed by atoms with Gasteiger partial charge in [0.1, 0.15) is 6.10 Å². The minimum absolute atomic E-state index is 0.449. The van der Waals surface area contributed by atoms with Gasteiger partial charge in [0.15, 0.2) is 0 Å². The third kappa shape index (κ3) is 2.86. The summed E-state index contributed by atoms with van der Waals surface area (Å²) >= 11 is -2.24. The van der Waals surface area contributed by atoms with E-state index in [0.29, 0.717) is 12.8 Å². The summed E-state index contributed by atoms with van der Waals surface area (Å²) in [6, 6.07) is 0. The van der Waals surface area contributed by atoms with Crippen LogP contribution in [0.3, 0.4) is 0 Å². The number of rotatable bonds is 2. The highest BCUT2D eigenvalue weighted by Crippen LogP contribution is 2.21. The van der Waals surface area contributed by atoms with Crippen LogP contribution in [0.15, 0.2) is 0 Å². The summed E-state index contributed by atoms with van der Waals surface area (Å²) in [4.78, 5) is 0. The van der Waals surface area contributed by atoms with Crippen LogP contribution in [0.25, 0.3) is 0 Å². The van der Waals surface area contributed by atoms with Crippen molar-refractivity contribution in [2.75, 3.05) is 0 Å².